The Morgan fingerprint density at radius 2 is 2.12 bits per heavy atom. The number of aliphatic hydroxyl groups excluding tert-OH is 1. The second kappa shape index (κ2) is 5.17. The Labute approximate surface area is 112 Å². The fraction of sp³-hybridized carbons (Fsp3) is 0.500. The molecule has 3 unspecified atom stereocenters. The fourth-order valence-corrected chi connectivity index (χ4v) is 2.87. The summed E-state index contributed by atoms with van der Waals surface area (Å²) in [5.41, 5.74) is 0.883. The van der Waals surface area contributed by atoms with Crippen LogP contribution >= 0.6 is 31.9 Å². The zero-order valence-electron chi connectivity index (χ0n) is 8.99. The van der Waals surface area contributed by atoms with E-state index in [4.69, 9.17) is 4.74 Å². The predicted octanol–water partition coefficient (Wildman–Crippen LogP) is 3.81. The molecule has 1 aromatic carbocycles. The maximum Gasteiger partial charge on any atom is 0.106 e. The lowest BCUT2D eigenvalue weighted by Crippen LogP contribution is -2.19. The molecule has 1 aliphatic rings. The van der Waals surface area contributed by atoms with Crippen molar-refractivity contribution in [3.8, 4) is 0 Å². The SMILES string of the molecule is CC1CCC(C(O)c2cc(Br)ccc2Br)O1. The Kier molecular flexibility index (Phi) is 4.06. The molecule has 0 saturated carbocycles. The second-order valence-corrected chi connectivity index (χ2v) is 5.94. The number of ether oxygens (including phenoxy) is 1. The number of hydrogen-bond acceptors (Lipinski definition) is 2. The van der Waals surface area contributed by atoms with Crippen LogP contribution in [0.3, 0.4) is 0 Å². The van der Waals surface area contributed by atoms with Gasteiger partial charge >= 0.3 is 0 Å². The smallest absolute Gasteiger partial charge is 0.106 e. The Balaban J connectivity index is 2.20. The zero-order valence-corrected chi connectivity index (χ0v) is 12.2. The van der Waals surface area contributed by atoms with Crippen LogP contribution in [0.4, 0.5) is 0 Å². The van der Waals surface area contributed by atoms with Gasteiger partial charge in [-0.15, -0.1) is 0 Å². The van der Waals surface area contributed by atoms with Crippen molar-refractivity contribution in [2.75, 3.05) is 0 Å². The third-order valence-electron chi connectivity index (χ3n) is 2.89. The van der Waals surface area contributed by atoms with E-state index in [9.17, 15) is 5.11 Å². The van der Waals surface area contributed by atoms with Gasteiger partial charge in [0.15, 0.2) is 0 Å². The molecule has 0 amide bonds. The van der Waals surface area contributed by atoms with Crippen molar-refractivity contribution >= 4 is 31.9 Å². The van der Waals surface area contributed by atoms with Crippen LogP contribution in [-0.4, -0.2) is 17.3 Å². The van der Waals surface area contributed by atoms with Crippen molar-refractivity contribution in [3.05, 3.63) is 32.7 Å². The first-order chi connectivity index (χ1) is 7.58. The van der Waals surface area contributed by atoms with Gasteiger partial charge in [-0.3, -0.25) is 0 Å². The monoisotopic (exact) mass is 348 g/mol. The van der Waals surface area contributed by atoms with E-state index in [1.807, 2.05) is 25.1 Å². The highest BCUT2D eigenvalue weighted by molar-refractivity contribution is 9.11. The summed E-state index contributed by atoms with van der Waals surface area (Å²) >= 11 is 6.87. The van der Waals surface area contributed by atoms with Crippen molar-refractivity contribution in [1.82, 2.24) is 0 Å². The lowest BCUT2D eigenvalue weighted by molar-refractivity contribution is -0.0300. The largest absolute Gasteiger partial charge is 0.386 e. The summed E-state index contributed by atoms with van der Waals surface area (Å²) in [4.78, 5) is 0. The summed E-state index contributed by atoms with van der Waals surface area (Å²) in [5.74, 6) is 0. The molecular weight excluding hydrogens is 336 g/mol. The van der Waals surface area contributed by atoms with Gasteiger partial charge in [0.2, 0.25) is 0 Å². The quantitative estimate of drug-likeness (QED) is 0.879. The molecule has 1 saturated heterocycles. The topological polar surface area (TPSA) is 29.5 Å². The molecule has 2 nitrogen and oxygen atoms in total. The van der Waals surface area contributed by atoms with Crippen molar-refractivity contribution in [3.63, 3.8) is 0 Å². The number of halogens is 2. The van der Waals surface area contributed by atoms with Crippen LogP contribution in [0.2, 0.25) is 0 Å². The predicted molar refractivity (Wildman–Crippen MR) is 70.4 cm³/mol. The van der Waals surface area contributed by atoms with Gasteiger partial charge in [-0.2, -0.15) is 0 Å². The summed E-state index contributed by atoms with van der Waals surface area (Å²) in [5, 5.41) is 10.3. The molecule has 1 fully saturated rings. The van der Waals surface area contributed by atoms with Gasteiger partial charge in [-0.1, -0.05) is 31.9 Å². The second-order valence-electron chi connectivity index (χ2n) is 4.17. The Morgan fingerprint density at radius 3 is 2.75 bits per heavy atom. The number of aliphatic hydroxyl groups is 1. The molecule has 0 aliphatic carbocycles. The van der Waals surface area contributed by atoms with Crippen LogP contribution in [0.5, 0.6) is 0 Å². The molecular formula is C12H14Br2O2. The molecule has 88 valence electrons. The minimum Gasteiger partial charge on any atom is -0.386 e. The number of benzene rings is 1. The molecule has 0 radical (unpaired) electrons. The van der Waals surface area contributed by atoms with Crippen LogP contribution in [-0.2, 0) is 4.74 Å². The Hall–Kier alpha value is 0.1000. The summed E-state index contributed by atoms with van der Waals surface area (Å²) < 4.78 is 7.58. The lowest BCUT2D eigenvalue weighted by Gasteiger charge is -2.20. The molecule has 0 bridgehead atoms. The van der Waals surface area contributed by atoms with E-state index in [2.05, 4.69) is 31.9 Å². The summed E-state index contributed by atoms with van der Waals surface area (Å²) in [6.45, 7) is 2.04. The van der Waals surface area contributed by atoms with Crippen LogP contribution in [0, 0.1) is 0 Å². The van der Waals surface area contributed by atoms with E-state index in [0.717, 1.165) is 27.4 Å². The van der Waals surface area contributed by atoms with E-state index in [0.29, 0.717) is 0 Å². The highest BCUT2D eigenvalue weighted by Crippen LogP contribution is 2.34. The van der Waals surface area contributed by atoms with Crippen LogP contribution in [0.1, 0.15) is 31.4 Å². The first kappa shape index (κ1) is 12.6. The lowest BCUT2D eigenvalue weighted by atomic mass is 10.0. The highest BCUT2D eigenvalue weighted by Gasteiger charge is 2.30. The number of hydrogen-bond donors (Lipinski definition) is 1. The molecule has 0 spiro atoms. The van der Waals surface area contributed by atoms with Crippen LogP contribution < -0.4 is 0 Å². The van der Waals surface area contributed by atoms with Gasteiger partial charge in [0.05, 0.1) is 12.2 Å². The number of rotatable bonds is 2. The van der Waals surface area contributed by atoms with E-state index >= 15 is 0 Å². The molecule has 1 heterocycles. The van der Waals surface area contributed by atoms with Crippen LogP contribution in [0.15, 0.2) is 27.1 Å². The van der Waals surface area contributed by atoms with Gasteiger partial charge in [0, 0.05) is 8.95 Å². The summed E-state index contributed by atoms with van der Waals surface area (Å²) in [6, 6.07) is 5.81. The van der Waals surface area contributed by atoms with E-state index in [-0.39, 0.29) is 12.2 Å². The molecule has 4 heteroatoms. The third kappa shape index (κ3) is 2.67. The van der Waals surface area contributed by atoms with Crippen molar-refractivity contribution in [2.24, 2.45) is 0 Å². The van der Waals surface area contributed by atoms with Gasteiger partial charge in [0.25, 0.3) is 0 Å². The van der Waals surface area contributed by atoms with Gasteiger partial charge in [-0.25, -0.2) is 0 Å². The minimum atomic E-state index is -0.558. The molecule has 1 N–H and O–H groups in total. The molecule has 3 atom stereocenters. The average molecular weight is 350 g/mol. The third-order valence-corrected chi connectivity index (χ3v) is 4.11. The van der Waals surface area contributed by atoms with Gasteiger partial charge in [0.1, 0.15) is 6.10 Å². The zero-order chi connectivity index (χ0) is 11.7. The fourth-order valence-electron chi connectivity index (χ4n) is 2.01. The minimum absolute atomic E-state index is 0.0828. The van der Waals surface area contributed by atoms with Crippen molar-refractivity contribution in [2.45, 2.75) is 38.1 Å². The first-order valence-electron chi connectivity index (χ1n) is 5.36. The van der Waals surface area contributed by atoms with Crippen molar-refractivity contribution < 1.29 is 9.84 Å². The van der Waals surface area contributed by atoms with E-state index < -0.39 is 6.10 Å². The van der Waals surface area contributed by atoms with Crippen molar-refractivity contribution in [1.29, 1.82) is 0 Å². The van der Waals surface area contributed by atoms with Gasteiger partial charge < -0.3 is 9.84 Å². The summed E-state index contributed by atoms with van der Waals surface area (Å²) in [7, 11) is 0. The maximum absolute atomic E-state index is 10.3. The highest BCUT2D eigenvalue weighted by atomic mass is 79.9. The van der Waals surface area contributed by atoms with Gasteiger partial charge in [-0.05, 0) is 43.5 Å². The van der Waals surface area contributed by atoms with E-state index in [1.165, 1.54) is 0 Å². The standard InChI is InChI=1S/C12H14Br2O2/c1-7-2-5-11(16-7)12(15)9-6-8(13)3-4-10(9)14/h3-4,6-7,11-12,15H,2,5H2,1H3. The Bertz CT molecular complexity index is 381. The molecule has 16 heavy (non-hydrogen) atoms. The summed E-state index contributed by atoms with van der Waals surface area (Å²) in [6.07, 6.45) is 1.55. The van der Waals surface area contributed by atoms with E-state index in [1.54, 1.807) is 0 Å². The molecule has 1 aromatic rings. The first-order valence-corrected chi connectivity index (χ1v) is 6.95. The maximum atomic E-state index is 10.3. The molecule has 0 aromatic heterocycles. The molecule has 2 rings (SSSR count). The van der Waals surface area contributed by atoms with Crippen LogP contribution in [0.25, 0.3) is 0 Å². The normalized spacial score (nSPS) is 27.0. The molecule has 1 aliphatic heterocycles. The Morgan fingerprint density at radius 1 is 1.38 bits per heavy atom. The average Bonchev–Trinajstić information content (AvgIpc) is 2.67.